The van der Waals surface area contributed by atoms with Gasteiger partial charge in [-0.1, -0.05) is 17.7 Å². The lowest BCUT2D eigenvalue weighted by molar-refractivity contribution is 0.262. The van der Waals surface area contributed by atoms with Gasteiger partial charge in [-0.2, -0.15) is 0 Å². The zero-order chi connectivity index (χ0) is 13.8. The Kier molecular flexibility index (Phi) is 4.60. The van der Waals surface area contributed by atoms with Crippen LogP contribution in [0.15, 0.2) is 42.5 Å². The SMILES string of the molecule is O=C(Nc1cccc(Cl)c1)Nc1ccc(F)cc1I. The van der Waals surface area contributed by atoms with E-state index in [1.165, 1.54) is 18.2 Å². The molecule has 0 unspecified atom stereocenters. The molecule has 2 amide bonds. The minimum absolute atomic E-state index is 0.342. The van der Waals surface area contributed by atoms with E-state index in [1.807, 2.05) is 22.6 Å². The number of amides is 2. The third-order valence-electron chi connectivity index (χ3n) is 2.26. The summed E-state index contributed by atoms with van der Waals surface area (Å²) in [6, 6.07) is 10.5. The van der Waals surface area contributed by atoms with E-state index in [-0.39, 0.29) is 5.82 Å². The second-order valence-electron chi connectivity index (χ2n) is 3.71. The molecule has 19 heavy (non-hydrogen) atoms. The Labute approximate surface area is 128 Å². The number of urea groups is 1. The van der Waals surface area contributed by atoms with Gasteiger partial charge in [0.1, 0.15) is 5.82 Å². The average molecular weight is 391 g/mol. The molecule has 0 aliphatic carbocycles. The highest BCUT2D eigenvalue weighted by Gasteiger charge is 2.06. The topological polar surface area (TPSA) is 41.1 Å². The number of hydrogen-bond donors (Lipinski definition) is 2. The van der Waals surface area contributed by atoms with Gasteiger partial charge in [0.15, 0.2) is 0 Å². The van der Waals surface area contributed by atoms with Crippen LogP contribution in [0.25, 0.3) is 0 Å². The molecule has 6 heteroatoms. The van der Waals surface area contributed by atoms with Crippen LogP contribution < -0.4 is 10.6 Å². The van der Waals surface area contributed by atoms with Crippen LogP contribution in [0.1, 0.15) is 0 Å². The fourth-order valence-corrected chi connectivity index (χ4v) is 2.24. The minimum atomic E-state index is -0.410. The summed E-state index contributed by atoms with van der Waals surface area (Å²) in [4.78, 5) is 11.8. The maximum atomic E-state index is 12.9. The Morgan fingerprint density at radius 2 is 1.95 bits per heavy atom. The van der Waals surface area contributed by atoms with Crippen molar-refractivity contribution >= 4 is 51.6 Å². The molecule has 0 saturated heterocycles. The zero-order valence-electron chi connectivity index (χ0n) is 9.58. The van der Waals surface area contributed by atoms with Crippen molar-refractivity contribution in [2.45, 2.75) is 0 Å². The third kappa shape index (κ3) is 4.07. The average Bonchev–Trinajstić information content (AvgIpc) is 2.33. The van der Waals surface area contributed by atoms with Gasteiger partial charge in [0.2, 0.25) is 0 Å². The molecule has 2 rings (SSSR count). The van der Waals surface area contributed by atoms with Gasteiger partial charge in [-0.3, -0.25) is 0 Å². The van der Waals surface area contributed by atoms with Crippen LogP contribution in [-0.4, -0.2) is 6.03 Å². The second kappa shape index (κ2) is 6.21. The Morgan fingerprint density at radius 1 is 1.16 bits per heavy atom. The number of anilines is 2. The normalized spacial score (nSPS) is 10.1. The van der Waals surface area contributed by atoms with Gasteiger partial charge >= 0.3 is 6.03 Å². The maximum absolute atomic E-state index is 12.9. The molecule has 0 aromatic heterocycles. The fourth-order valence-electron chi connectivity index (χ4n) is 1.44. The van der Waals surface area contributed by atoms with Gasteiger partial charge in [-0.25, -0.2) is 9.18 Å². The van der Waals surface area contributed by atoms with Crippen molar-refractivity contribution in [3.05, 3.63) is 56.9 Å². The quantitative estimate of drug-likeness (QED) is 0.715. The lowest BCUT2D eigenvalue weighted by Crippen LogP contribution is -2.20. The largest absolute Gasteiger partial charge is 0.323 e. The van der Waals surface area contributed by atoms with Crippen molar-refractivity contribution in [1.29, 1.82) is 0 Å². The molecule has 0 fully saturated rings. The van der Waals surface area contributed by atoms with Crippen molar-refractivity contribution in [1.82, 2.24) is 0 Å². The molecule has 98 valence electrons. The predicted octanol–water partition coefficient (Wildman–Crippen LogP) is 4.73. The lowest BCUT2D eigenvalue weighted by atomic mass is 10.3. The van der Waals surface area contributed by atoms with Crippen LogP contribution in [0.2, 0.25) is 5.02 Å². The van der Waals surface area contributed by atoms with E-state index in [0.29, 0.717) is 20.0 Å². The summed E-state index contributed by atoms with van der Waals surface area (Å²) >= 11 is 7.77. The molecule has 2 aromatic rings. The first-order valence-corrected chi connectivity index (χ1v) is 6.79. The molecule has 2 N–H and O–H groups in total. The van der Waals surface area contributed by atoms with Crippen molar-refractivity contribution < 1.29 is 9.18 Å². The van der Waals surface area contributed by atoms with E-state index < -0.39 is 6.03 Å². The zero-order valence-corrected chi connectivity index (χ0v) is 12.5. The van der Waals surface area contributed by atoms with Crippen molar-refractivity contribution in [2.24, 2.45) is 0 Å². The van der Waals surface area contributed by atoms with E-state index in [1.54, 1.807) is 24.3 Å². The third-order valence-corrected chi connectivity index (χ3v) is 3.39. The van der Waals surface area contributed by atoms with Crippen LogP contribution in [0.4, 0.5) is 20.6 Å². The number of rotatable bonds is 2. The number of halogens is 3. The molecule has 3 nitrogen and oxygen atoms in total. The first-order valence-electron chi connectivity index (χ1n) is 5.33. The Morgan fingerprint density at radius 3 is 2.63 bits per heavy atom. The molecular formula is C13H9ClFIN2O. The molecule has 0 aliphatic heterocycles. The Hall–Kier alpha value is -1.34. The molecule has 0 heterocycles. The van der Waals surface area contributed by atoms with E-state index >= 15 is 0 Å². The van der Waals surface area contributed by atoms with E-state index in [9.17, 15) is 9.18 Å². The number of carbonyl (C=O) groups excluding carboxylic acids is 1. The molecule has 2 aromatic carbocycles. The number of nitrogens with one attached hydrogen (secondary N) is 2. The standard InChI is InChI=1S/C13H9ClFIN2O/c14-8-2-1-3-10(6-8)17-13(19)18-12-5-4-9(15)7-11(12)16/h1-7H,(H2,17,18,19). The summed E-state index contributed by atoms with van der Waals surface area (Å²) in [6.45, 7) is 0. The monoisotopic (exact) mass is 390 g/mol. The van der Waals surface area contributed by atoms with E-state index in [0.717, 1.165) is 0 Å². The van der Waals surface area contributed by atoms with E-state index in [4.69, 9.17) is 11.6 Å². The van der Waals surface area contributed by atoms with Gasteiger partial charge in [0, 0.05) is 14.3 Å². The first kappa shape index (κ1) is 14.1. The van der Waals surface area contributed by atoms with Crippen molar-refractivity contribution in [2.75, 3.05) is 10.6 Å². The van der Waals surface area contributed by atoms with Crippen molar-refractivity contribution in [3.8, 4) is 0 Å². The lowest BCUT2D eigenvalue weighted by Gasteiger charge is -2.09. The molecular weight excluding hydrogens is 382 g/mol. The maximum Gasteiger partial charge on any atom is 0.323 e. The molecule has 0 atom stereocenters. The summed E-state index contributed by atoms with van der Waals surface area (Å²) in [6.07, 6.45) is 0. The van der Waals surface area contributed by atoms with Gasteiger partial charge in [0.25, 0.3) is 0 Å². The minimum Gasteiger partial charge on any atom is -0.308 e. The van der Waals surface area contributed by atoms with Crippen LogP contribution in [0.3, 0.4) is 0 Å². The van der Waals surface area contributed by atoms with E-state index in [2.05, 4.69) is 10.6 Å². The number of benzene rings is 2. The van der Waals surface area contributed by atoms with Crippen LogP contribution in [-0.2, 0) is 0 Å². The van der Waals surface area contributed by atoms with Gasteiger partial charge in [0.05, 0.1) is 5.69 Å². The first-order chi connectivity index (χ1) is 9.04. The highest BCUT2D eigenvalue weighted by molar-refractivity contribution is 14.1. The van der Waals surface area contributed by atoms with Crippen molar-refractivity contribution in [3.63, 3.8) is 0 Å². The highest BCUT2D eigenvalue weighted by Crippen LogP contribution is 2.20. The van der Waals surface area contributed by atoms with Gasteiger partial charge in [-0.05, 0) is 59.0 Å². The number of hydrogen-bond acceptors (Lipinski definition) is 1. The fraction of sp³-hybridized carbons (Fsp3) is 0. The summed E-state index contributed by atoms with van der Waals surface area (Å²) in [5.41, 5.74) is 1.13. The Bertz CT molecular complexity index is 621. The molecule has 0 radical (unpaired) electrons. The summed E-state index contributed by atoms with van der Waals surface area (Å²) in [5.74, 6) is -0.342. The summed E-state index contributed by atoms with van der Waals surface area (Å²) in [7, 11) is 0. The smallest absolute Gasteiger partial charge is 0.308 e. The molecule has 0 bridgehead atoms. The second-order valence-corrected chi connectivity index (χ2v) is 5.31. The predicted molar refractivity (Wildman–Crippen MR) is 83.2 cm³/mol. The van der Waals surface area contributed by atoms with Crippen LogP contribution in [0.5, 0.6) is 0 Å². The van der Waals surface area contributed by atoms with Gasteiger partial charge in [-0.15, -0.1) is 0 Å². The Balaban J connectivity index is 2.05. The summed E-state index contributed by atoms with van der Waals surface area (Å²) < 4.78 is 13.6. The van der Waals surface area contributed by atoms with Crippen LogP contribution >= 0.6 is 34.2 Å². The van der Waals surface area contributed by atoms with Gasteiger partial charge < -0.3 is 10.6 Å². The molecule has 0 spiro atoms. The molecule has 0 saturated carbocycles. The molecule has 0 aliphatic rings. The highest BCUT2D eigenvalue weighted by atomic mass is 127. The van der Waals surface area contributed by atoms with Crippen LogP contribution in [0, 0.1) is 9.39 Å². The number of carbonyl (C=O) groups is 1. The summed E-state index contributed by atoms with van der Waals surface area (Å²) in [5, 5.41) is 5.82.